The Labute approximate surface area is 134 Å². The van der Waals surface area contributed by atoms with Crippen molar-refractivity contribution in [1.82, 2.24) is 9.55 Å². The second-order valence-corrected chi connectivity index (χ2v) is 6.27. The van der Waals surface area contributed by atoms with Gasteiger partial charge in [0.1, 0.15) is 6.61 Å². The van der Waals surface area contributed by atoms with Gasteiger partial charge in [-0.2, -0.15) is 4.98 Å². The molecule has 0 amide bonds. The molecule has 1 aromatic carbocycles. The molecular formula is C18H20N2O3. The quantitative estimate of drug-likeness (QED) is 0.873. The molecule has 2 aliphatic rings. The van der Waals surface area contributed by atoms with Crippen molar-refractivity contribution in [2.45, 2.75) is 38.8 Å². The second kappa shape index (κ2) is 5.81. The maximum absolute atomic E-state index is 12.3. The van der Waals surface area contributed by atoms with E-state index >= 15 is 0 Å². The summed E-state index contributed by atoms with van der Waals surface area (Å²) >= 11 is 0. The Morgan fingerprint density at radius 2 is 2.30 bits per heavy atom. The summed E-state index contributed by atoms with van der Waals surface area (Å²) in [5.41, 5.74) is 4.28. The van der Waals surface area contributed by atoms with E-state index in [9.17, 15) is 4.79 Å². The molecule has 120 valence electrons. The summed E-state index contributed by atoms with van der Waals surface area (Å²) in [6, 6.07) is 8.23. The smallest absolute Gasteiger partial charge is 0.351 e. The molecule has 1 aromatic heterocycles. The van der Waals surface area contributed by atoms with Crippen LogP contribution >= 0.6 is 0 Å². The fraction of sp³-hybridized carbons (Fsp3) is 0.444. The minimum Gasteiger partial charge on any atom is -0.475 e. The first-order valence-electron chi connectivity index (χ1n) is 8.17. The van der Waals surface area contributed by atoms with Crippen molar-refractivity contribution in [3.8, 4) is 17.1 Å². The molecule has 4 rings (SSSR count). The van der Waals surface area contributed by atoms with Crippen LogP contribution in [0.3, 0.4) is 0 Å². The lowest BCUT2D eigenvalue weighted by Crippen LogP contribution is -2.29. The summed E-state index contributed by atoms with van der Waals surface area (Å²) in [5, 5.41) is 0. The van der Waals surface area contributed by atoms with Gasteiger partial charge in [-0.1, -0.05) is 23.8 Å². The molecule has 23 heavy (non-hydrogen) atoms. The second-order valence-electron chi connectivity index (χ2n) is 6.27. The summed E-state index contributed by atoms with van der Waals surface area (Å²) in [7, 11) is 0. The zero-order valence-electron chi connectivity index (χ0n) is 13.2. The van der Waals surface area contributed by atoms with E-state index in [0.717, 1.165) is 37.1 Å². The Kier molecular flexibility index (Phi) is 3.65. The molecule has 1 fully saturated rings. The number of aryl methyl sites for hydroxylation is 2. The Bertz CT molecular complexity index is 791. The van der Waals surface area contributed by atoms with Gasteiger partial charge in [0, 0.05) is 24.8 Å². The first kappa shape index (κ1) is 14.5. The lowest BCUT2D eigenvalue weighted by molar-refractivity contribution is 0.0661. The number of hydrogen-bond donors (Lipinski definition) is 0. The first-order chi connectivity index (χ1) is 11.2. The number of hydrogen-bond acceptors (Lipinski definition) is 4. The highest BCUT2D eigenvalue weighted by Gasteiger charge is 2.20. The van der Waals surface area contributed by atoms with Gasteiger partial charge >= 0.3 is 5.69 Å². The highest BCUT2D eigenvalue weighted by atomic mass is 16.5. The predicted molar refractivity (Wildman–Crippen MR) is 86.8 cm³/mol. The number of ether oxygens (including phenoxy) is 2. The molecule has 0 unspecified atom stereocenters. The Morgan fingerprint density at radius 3 is 3.13 bits per heavy atom. The number of benzene rings is 1. The van der Waals surface area contributed by atoms with E-state index in [4.69, 9.17) is 9.47 Å². The fourth-order valence-corrected chi connectivity index (χ4v) is 3.36. The van der Waals surface area contributed by atoms with E-state index in [1.54, 1.807) is 4.57 Å². The van der Waals surface area contributed by atoms with Gasteiger partial charge in [-0.05, 0) is 31.7 Å². The highest BCUT2D eigenvalue weighted by Crippen LogP contribution is 2.30. The highest BCUT2D eigenvalue weighted by molar-refractivity contribution is 5.66. The van der Waals surface area contributed by atoms with Gasteiger partial charge in [-0.3, -0.25) is 4.57 Å². The van der Waals surface area contributed by atoms with Gasteiger partial charge in [0.05, 0.1) is 11.8 Å². The maximum atomic E-state index is 12.3. The number of aromatic nitrogens is 2. The minimum absolute atomic E-state index is 0.116. The third kappa shape index (κ3) is 2.77. The molecule has 5 heteroatoms. The first-order valence-corrected chi connectivity index (χ1v) is 8.17. The van der Waals surface area contributed by atoms with Crippen LogP contribution in [0.1, 0.15) is 24.0 Å². The summed E-state index contributed by atoms with van der Waals surface area (Å²) < 4.78 is 13.0. The van der Waals surface area contributed by atoms with E-state index in [2.05, 4.69) is 30.1 Å². The SMILES string of the molecule is Cc1ccc2c(c1)CCn1c-2cc(OC[C@@H]2CCCO2)nc1=O. The number of fused-ring (bicyclic) bond motifs is 3. The summed E-state index contributed by atoms with van der Waals surface area (Å²) in [5.74, 6) is 0.394. The summed E-state index contributed by atoms with van der Waals surface area (Å²) in [4.78, 5) is 16.4. The van der Waals surface area contributed by atoms with Crippen molar-refractivity contribution in [2.24, 2.45) is 0 Å². The molecule has 3 heterocycles. The van der Waals surface area contributed by atoms with Crippen LogP contribution in [-0.2, 0) is 17.7 Å². The van der Waals surface area contributed by atoms with Crippen LogP contribution < -0.4 is 10.4 Å². The van der Waals surface area contributed by atoms with Crippen molar-refractivity contribution in [3.63, 3.8) is 0 Å². The number of nitrogens with zero attached hydrogens (tertiary/aromatic N) is 2. The Balaban J connectivity index is 1.67. The van der Waals surface area contributed by atoms with Gasteiger partial charge < -0.3 is 9.47 Å². The van der Waals surface area contributed by atoms with Gasteiger partial charge in [-0.25, -0.2) is 4.79 Å². The van der Waals surface area contributed by atoms with Crippen molar-refractivity contribution in [2.75, 3.05) is 13.2 Å². The molecule has 0 spiro atoms. The molecule has 0 N–H and O–H groups in total. The lowest BCUT2D eigenvalue weighted by atomic mass is 9.96. The van der Waals surface area contributed by atoms with E-state index in [0.29, 0.717) is 19.0 Å². The van der Waals surface area contributed by atoms with Crippen LogP contribution in [0.2, 0.25) is 0 Å². The predicted octanol–water partition coefficient (Wildman–Crippen LogP) is 2.33. The Hall–Kier alpha value is -2.14. The molecule has 2 aliphatic heterocycles. The molecular weight excluding hydrogens is 292 g/mol. The minimum atomic E-state index is -0.240. The molecule has 1 saturated heterocycles. The van der Waals surface area contributed by atoms with Gasteiger partial charge in [-0.15, -0.1) is 0 Å². The molecule has 1 atom stereocenters. The normalized spacial score (nSPS) is 19.3. The van der Waals surface area contributed by atoms with Crippen LogP contribution in [0.25, 0.3) is 11.3 Å². The van der Waals surface area contributed by atoms with Crippen molar-refractivity contribution in [1.29, 1.82) is 0 Å². The monoisotopic (exact) mass is 312 g/mol. The molecule has 0 aliphatic carbocycles. The van der Waals surface area contributed by atoms with Crippen LogP contribution in [0.5, 0.6) is 5.88 Å². The van der Waals surface area contributed by atoms with Crippen LogP contribution in [0.15, 0.2) is 29.1 Å². The molecule has 5 nitrogen and oxygen atoms in total. The van der Waals surface area contributed by atoms with Crippen LogP contribution in [0, 0.1) is 6.92 Å². The zero-order valence-corrected chi connectivity index (χ0v) is 13.2. The summed E-state index contributed by atoms with van der Waals surface area (Å²) in [6.45, 7) is 4.01. The van der Waals surface area contributed by atoms with E-state index in [-0.39, 0.29) is 11.8 Å². The fourth-order valence-electron chi connectivity index (χ4n) is 3.36. The average molecular weight is 312 g/mol. The summed E-state index contributed by atoms with van der Waals surface area (Å²) in [6.07, 6.45) is 3.06. The lowest BCUT2D eigenvalue weighted by Gasteiger charge is -2.22. The van der Waals surface area contributed by atoms with Gasteiger partial charge in [0.15, 0.2) is 0 Å². The standard InChI is InChI=1S/C18H20N2O3/c1-12-4-5-15-13(9-12)6-7-20-16(15)10-17(19-18(20)21)23-11-14-3-2-8-22-14/h4-5,9-10,14H,2-3,6-8,11H2,1H3/t14-/m0/s1. The van der Waals surface area contributed by atoms with E-state index < -0.39 is 0 Å². The zero-order chi connectivity index (χ0) is 15.8. The van der Waals surface area contributed by atoms with E-state index in [1.807, 2.05) is 6.07 Å². The largest absolute Gasteiger partial charge is 0.475 e. The number of rotatable bonds is 3. The van der Waals surface area contributed by atoms with Crippen molar-refractivity contribution in [3.05, 3.63) is 45.9 Å². The molecule has 0 bridgehead atoms. The maximum Gasteiger partial charge on any atom is 0.351 e. The van der Waals surface area contributed by atoms with Gasteiger partial charge in [0.25, 0.3) is 0 Å². The van der Waals surface area contributed by atoms with Gasteiger partial charge in [0.2, 0.25) is 5.88 Å². The third-order valence-electron chi connectivity index (χ3n) is 4.57. The third-order valence-corrected chi connectivity index (χ3v) is 4.57. The Morgan fingerprint density at radius 1 is 1.39 bits per heavy atom. The molecule has 0 saturated carbocycles. The molecule has 0 radical (unpaired) electrons. The topological polar surface area (TPSA) is 53.4 Å². The van der Waals surface area contributed by atoms with Crippen molar-refractivity contribution >= 4 is 0 Å². The van der Waals surface area contributed by atoms with Crippen LogP contribution in [0.4, 0.5) is 0 Å². The van der Waals surface area contributed by atoms with Crippen LogP contribution in [-0.4, -0.2) is 28.9 Å². The van der Waals surface area contributed by atoms with E-state index in [1.165, 1.54) is 11.1 Å². The van der Waals surface area contributed by atoms with Crippen molar-refractivity contribution < 1.29 is 9.47 Å². The average Bonchev–Trinajstić information content (AvgIpc) is 3.06. The molecule has 2 aromatic rings.